The molecule has 0 aliphatic carbocycles. The highest BCUT2D eigenvalue weighted by Gasteiger charge is 2.24. The summed E-state index contributed by atoms with van der Waals surface area (Å²) >= 11 is 0. The molecule has 0 spiro atoms. The molecule has 0 aromatic heterocycles. The van der Waals surface area contributed by atoms with Crippen LogP contribution in [0.5, 0.6) is 0 Å². The van der Waals surface area contributed by atoms with Crippen LogP contribution in [0.1, 0.15) is 6.92 Å². The maximum absolute atomic E-state index is 3.72. The van der Waals surface area contributed by atoms with E-state index in [1.54, 1.807) is 0 Å². The zero-order valence-electron chi connectivity index (χ0n) is 3.36. The van der Waals surface area contributed by atoms with Crippen LogP contribution in [0.25, 0.3) is 0 Å². The van der Waals surface area contributed by atoms with Gasteiger partial charge in [-0.1, -0.05) is 0 Å². The largest absolute Gasteiger partial charge is 0.308 e. The van der Waals surface area contributed by atoms with Gasteiger partial charge in [0.1, 0.15) is 0 Å². The van der Waals surface area contributed by atoms with E-state index in [-0.39, 0.29) is 0 Å². The predicted octanol–water partition coefficient (Wildman–Crippen LogP) is 0.181. The monoisotopic (exact) mass is 70.1 g/mol. The highest BCUT2D eigenvalue weighted by Crippen LogP contribution is 2.04. The molecular formula is C4H8N. The van der Waals surface area contributed by atoms with Crippen molar-refractivity contribution in [1.82, 2.24) is 5.32 Å². The Bertz CT molecular complexity index is 36.9. The van der Waals surface area contributed by atoms with E-state index in [1.165, 1.54) is 0 Å². The number of hydrogen-bond acceptors (Lipinski definition) is 1. The minimum atomic E-state index is 0.551. The lowest BCUT2D eigenvalue weighted by atomic mass is 10.4. The summed E-state index contributed by atoms with van der Waals surface area (Å²) in [5.41, 5.74) is 0. The van der Waals surface area contributed by atoms with Crippen molar-refractivity contribution in [2.75, 3.05) is 0 Å². The standard InChI is InChI=1S/C4H8N/c1-3-4(2)5-3/h3-5H,1H2,2H3/t3-,4+/m1/s1. The molecule has 1 radical (unpaired) electrons. The van der Waals surface area contributed by atoms with Gasteiger partial charge in [-0.3, -0.25) is 0 Å². The summed E-state index contributed by atoms with van der Waals surface area (Å²) in [6.07, 6.45) is 0. The van der Waals surface area contributed by atoms with Crippen LogP contribution in [0.2, 0.25) is 0 Å². The fraction of sp³-hybridized carbons (Fsp3) is 0.750. The third kappa shape index (κ3) is 0.428. The van der Waals surface area contributed by atoms with Gasteiger partial charge in [0.15, 0.2) is 0 Å². The van der Waals surface area contributed by atoms with E-state index < -0.39 is 0 Å². The Labute approximate surface area is 32.4 Å². The fourth-order valence-electron chi connectivity index (χ4n) is 0.282. The smallest absolute Gasteiger partial charge is 0.0222 e. The lowest BCUT2D eigenvalue weighted by Crippen LogP contribution is -1.74. The molecule has 0 aromatic rings. The summed E-state index contributed by atoms with van der Waals surface area (Å²) in [5, 5.41) is 3.08. The maximum atomic E-state index is 3.72. The van der Waals surface area contributed by atoms with Crippen LogP contribution in [-0.2, 0) is 0 Å². The molecule has 0 bridgehead atoms. The Morgan fingerprint density at radius 2 is 2.00 bits per heavy atom. The van der Waals surface area contributed by atoms with Crippen molar-refractivity contribution in [3.8, 4) is 0 Å². The molecule has 0 saturated carbocycles. The van der Waals surface area contributed by atoms with Crippen molar-refractivity contribution in [2.45, 2.75) is 19.0 Å². The second-order valence-corrected chi connectivity index (χ2v) is 1.56. The van der Waals surface area contributed by atoms with Crippen LogP contribution in [0, 0.1) is 6.92 Å². The zero-order valence-corrected chi connectivity index (χ0v) is 3.36. The number of nitrogens with one attached hydrogen (secondary N) is 1. The first-order valence-electron chi connectivity index (χ1n) is 1.90. The molecule has 1 heteroatoms. The lowest BCUT2D eigenvalue weighted by molar-refractivity contribution is 1.08. The summed E-state index contributed by atoms with van der Waals surface area (Å²) in [6, 6.07) is 1.24. The van der Waals surface area contributed by atoms with Gasteiger partial charge in [0.2, 0.25) is 0 Å². The Balaban J connectivity index is 2.20. The molecular weight excluding hydrogens is 62.1 g/mol. The third-order valence-electron chi connectivity index (χ3n) is 0.971. The molecule has 0 aromatic carbocycles. The van der Waals surface area contributed by atoms with Crippen molar-refractivity contribution in [1.29, 1.82) is 0 Å². The molecule has 0 amide bonds. The molecule has 5 heavy (non-hydrogen) atoms. The fourth-order valence-corrected chi connectivity index (χ4v) is 0.282. The Morgan fingerprint density at radius 1 is 1.80 bits per heavy atom. The van der Waals surface area contributed by atoms with E-state index in [0.29, 0.717) is 12.1 Å². The average molecular weight is 70.1 g/mol. The van der Waals surface area contributed by atoms with Crippen LogP contribution in [0.4, 0.5) is 0 Å². The van der Waals surface area contributed by atoms with Crippen molar-refractivity contribution in [3.63, 3.8) is 0 Å². The average Bonchev–Trinajstić information content (AvgIpc) is 1.79. The van der Waals surface area contributed by atoms with Crippen LogP contribution in [0.3, 0.4) is 0 Å². The van der Waals surface area contributed by atoms with E-state index in [4.69, 9.17) is 0 Å². The van der Waals surface area contributed by atoms with Gasteiger partial charge in [0.05, 0.1) is 0 Å². The highest BCUT2D eigenvalue weighted by atomic mass is 15.1. The van der Waals surface area contributed by atoms with Gasteiger partial charge >= 0.3 is 0 Å². The summed E-state index contributed by atoms with van der Waals surface area (Å²) in [5.74, 6) is 0. The molecule has 0 unspecified atom stereocenters. The quantitative estimate of drug-likeness (QED) is 0.403. The molecule has 29 valence electrons. The topological polar surface area (TPSA) is 21.9 Å². The van der Waals surface area contributed by atoms with Crippen LogP contribution >= 0.6 is 0 Å². The van der Waals surface area contributed by atoms with Gasteiger partial charge in [0, 0.05) is 12.1 Å². The second kappa shape index (κ2) is 0.716. The zero-order chi connectivity index (χ0) is 3.86. The summed E-state index contributed by atoms with van der Waals surface area (Å²) in [4.78, 5) is 0. The second-order valence-electron chi connectivity index (χ2n) is 1.56. The van der Waals surface area contributed by atoms with E-state index in [1.807, 2.05) is 0 Å². The third-order valence-corrected chi connectivity index (χ3v) is 0.971. The van der Waals surface area contributed by atoms with Crippen molar-refractivity contribution in [2.24, 2.45) is 0 Å². The summed E-state index contributed by atoms with van der Waals surface area (Å²) in [6.45, 7) is 5.84. The molecule has 1 heterocycles. The Hall–Kier alpha value is -0.0400. The van der Waals surface area contributed by atoms with Gasteiger partial charge in [0.25, 0.3) is 0 Å². The SMILES string of the molecule is [CH2][C@H]1N[C@H]1C. The summed E-state index contributed by atoms with van der Waals surface area (Å²) in [7, 11) is 0. The number of hydrogen-bond donors (Lipinski definition) is 1. The van der Waals surface area contributed by atoms with Crippen LogP contribution < -0.4 is 5.32 Å². The molecule has 1 aliphatic heterocycles. The van der Waals surface area contributed by atoms with Gasteiger partial charge in [-0.05, 0) is 13.8 Å². The van der Waals surface area contributed by atoms with Crippen molar-refractivity contribution >= 4 is 0 Å². The lowest BCUT2D eigenvalue weighted by Gasteiger charge is -1.61. The molecule has 1 aliphatic rings. The van der Waals surface area contributed by atoms with Gasteiger partial charge < -0.3 is 5.32 Å². The van der Waals surface area contributed by atoms with E-state index in [0.717, 1.165) is 0 Å². The normalized spacial score (nSPS) is 49.2. The molecule has 1 rings (SSSR count). The highest BCUT2D eigenvalue weighted by molar-refractivity contribution is 4.95. The first-order valence-corrected chi connectivity index (χ1v) is 1.90. The first-order chi connectivity index (χ1) is 2.30. The minimum Gasteiger partial charge on any atom is -0.308 e. The molecule has 1 nitrogen and oxygen atoms in total. The molecule has 1 N–H and O–H groups in total. The van der Waals surface area contributed by atoms with Crippen LogP contribution in [0.15, 0.2) is 0 Å². The van der Waals surface area contributed by atoms with E-state index in [2.05, 4.69) is 19.2 Å². The first kappa shape index (κ1) is 3.16. The van der Waals surface area contributed by atoms with Gasteiger partial charge in [-0.25, -0.2) is 0 Å². The molecule has 1 saturated heterocycles. The van der Waals surface area contributed by atoms with Crippen molar-refractivity contribution in [3.05, 3.63) is 6.92 Å². The molecule has 1 fully saturated rings. The van der Waals surface area contributed by atoms with E-state index in [9.17, 15) is 0 Å². The predicted molar refractivity (Wildman–Crippen MR) is 21.7 cm³/mol. The minimum absolute atomic E-state index is 0.551. The number of rotatable bonds is 0. The Kier molecular flexibility index (Phi) is 0.453. The Morgan fingerprint density at radius 3 is 2.00 bits per heavy atom. The van der Waals surface area contributed by atoms with Crippen LogP contribution in [-0.4, -0.2) is 12.1 Å². The summed E-state index contributed by atoms with van der Waals surface area (Å²) < 4.78 is 0. The van der Waals surface area contributed by atoms with Crippen molar-refractivity contribution < 1.29 is 0 Å². The molecule has 2 atom stereocenters. The van der Waals surface area contributed by atoms with E-state index >= 15 is 0 Å². The van der Waals surface area contributed by atoms with Gasteiger partial charge in [-0.2, -0.15) is 0 Å². The van der Waals surface area contributed by atoms with Gasteiger partial charge in [-0.15, -0.1) is 0 Å². The maximum Gasteiger partial charge on any atom is 0.0222 e.